The monoisotopic (exact) mass is 278 g/mol. The Labute approximate surface area is 121 Å². The summed E-state index contributed by atoms with van der Waals surface area (Å²) >= 11 is 0. The van der Waals surface area contributed by atoms with E-state index >= 15 is 0 Å². The fourth-order valence-corrected chi connectivity index (χ4v) is 1.86. The SMILES string of the molecule is CCCCOc1cc(NCCN(C)C)nc(C2CC2)n1. The Hall–Kier alpha value is -1.36. The van der Waals surface area contributed by atoms with E-state index in [0.29, 0.717) is 11.8 Å². The van der Waals surface area contributed by atoms with Crippen molar-refractivity contribution >= 4 is 5.82 Å². The Bertz CT molecular complexity index is 418. The van der Waals surface area contributed by atoms with Crippen LogP contribution in [0.3, 0.4) is 0 Å². The number of nitrogens with one attached hydrogen (secondary N) is 1. The van der Waals surface area contributed by atoms with Crippen molar-refractivity contribution in [3.8, 4) is 5.88 Å². The zero-order valence-corrected chi connectivity index (χ0v) is 12.9. The van der Waals surface area contributed by atoms with E-state index in [2.05, 4.69) is 41.2 Å². The van der Waals surface area contributed by atoms with Crippen LogP contribution >= 0.6 is 0 Å². The Balaban J connectivity index is 1.97. The van der Waals surface area contributed by atoms with Gasteiger partial charge in [-0.15, -0.1) is 0 Å². The van der Waals surface area contributed by atoms with Crippen LogP contribution in [0.4, 0.5) is 5.82 Å². The molecule has 2 rings (SSSR count). The third kappa shape index (κ3) is 4.96. The van der Waals surface area contributed by atoms with Gasteiger partial charge in [0.2, 0.25) is 5.88 Å². The molecular weight excluding hydrogens is 252 g/mol. The second-order valence-electron chi connectivity index (χ2n) is 5.66. The summed E-state index contributed by atoms with van der Waals surface area (Å²) in [5.74, 6) is 3.07. The molecule has 0 unspecified atom stereocenters. The highest BCUT2D eigenvalue weighted by molar-refractivity contribution is 5.39. The summed E-state index contributed by atoms with van der Waals surface area (Å²) in [7, 11) is 4.13. The minimum Gasteiger partial charge on any atom is -0.478 e. The molecule has 1 aromatic rings. The van der Waals surface area contributed by atoms with E-state index in [9.17, 15) is 0 Å². The van der Waals surface area contributed by atoms with Gasteiger partial charge < -0.3 is 15.0 Å². The molecule has 1 aromatic heterocycles. The first-order chi connectivity index (χ1) is 9.69. The lowest BCUT2D eigenvalue weighted by Gasteiger charge is -2.13. The topological polar surface area (TPSA) is 50.3 Å². The standard InChI is InChI=1S/C15H26N4O/c1-4-5-10-20-14-11-13(16-8-9-19(2)3)17-15(18-14)12-6-7-12/h11-12H,4-10H2,1-3H3,(H,16,17,18). The minimum atomic E-state index is 0.541. The fraction of sp³-hybridized carbons (Fsp3) is 0.733. The summed E-state index contributed by atoms with van der Waals surface area (Å²) in [6, 6.07) is 1.91. The first-order valence-corrected chi connectivity index (χ1v) is 7.59. The third-order valence-corrected chi connectivity index (χ3v) is 3.28. The lowest BCUT2D eigenvalue weighted by atomic mass is 10.3. The molecule has 20 heavy (non-hydrogen) atoms. The summed E-state index contributed by atoms with van der Waals surface area (Å²) in [6.45, 7) is 4.75. The number of anilines is 1. The first-order valence-electron chi connectivity index (χ1n) is 7.59. The van der Waals surface area contributed by atoms with Crippen molar-refractivity contribution in [3.63, 3.8) is 0 Å². The van der Waals surface area contributed by atoms with Gasteiger partial charge in [0.05, 0.1) is 6.61 Å². The van der Waals surface area contributed by atoms with E-state index in [-0.39, 0.29) is 0 Å². The van der Waals surface area contributed by atoms with Crippen molar-refractivity contribution in [2.24, 2.45) is 0 Å². The van der Waals surface area contributed by atoms with E-state index in [1.54, 1.807) is 0 Å². The van der Waals surface area contributed by atoms with Crippen LogP contribution in [0.2, 0.25) is 0 Å². The predicted molar refractivity (Wildman–Crippen MR) is 81.5 cm³/mol. The van der Waals surface area contributed by atoms with Gasteiger partial charge in [-0.2, -0.15) is 4.98 Å². The Morgan fingerprint density at radius 3 is 2.80 bits per heavy atom. The summed E-state index contributed by atoms with van der Waals surface area (Å²) in [5.41, 5.74) is 0. The van der Waals surface area contributed by atoms with Crippen LogP contribution in [0.5, 0.6) is 5.88 Å². The molecule has 0 bridgehead atoms. The number of rotatable bonds is 9. The van der Waals surface area contributed by atoms with Gasteiger partial charge in [0.1, 0.15) is 11.6 Å². The van der Waals surface area contributed by atoms with Crippen molar-refractivity contribution in [1.82, 2.24) is 14.9 Å². The van der Waals surface area contributed by atoms with Crippen LogP contribution in [0, 0.1) is 0 Å². The average molecular weight is 278 g/mol. The number of aromatic nitrogens is 2. The fourth-order valence-electron chi connectivity index (χ4n) is 1.86. The second-order valence-corrected chi connectivity index (χ2v) is 5.66. The molecule has 0 aromatic carbocycles. The molecule has 0 amide bonds. The van der Waals surface area contributed by atoms with Gasteiger partial charge >= 0.3 is 0 Å². The number of likely N-dealkylation sites (N-methyl/N-ethyl adjacent to an activating group) is 1. The normalized spacial score (nSPS) is 14.6. The molecule has 0 radical (unpaired) electrons. The maximum atomic E-state index is 5.73. The van der Waals surface area contributed by atoms with E-state index in [1.807, 2.05) is 6.07 Å². The van der Waals surface area contributed by atoms with Crippen LogP contribution < -0.4 is 10.1 Å². The largest absolute Gasteiger partial charge is 0.478 e. The van der Waals surface area contributed by atoms with E-state index in [1.165, 1.54) is 12.8 Å². The van der Waals surface area contributed by atoms with Crippen molar-refractivity contribution < 1.29 is 4.74 Å². The van der Waals surface area contributed by atoms with E-state index in [4.69, 9.17) is 4.74 Å². The maximum absolute atomic E-state index is 5.73. The molecular formula is C15H26N4O. The zero-order chi connectivity index (χ0) is 14.4. The summed E-state index contributed by atoms with van der Waals surface area (Å²) in [5, 5.41) is 3.36. The van der Waals surface area contributed by atoms with Gasteiger partial charge in [-0.05, 0) is 33.4 Å². The van der Waals surface area contributed by atoms with Crippen LogP contribution in [0.25, 0.3) is 0 Å². The van der Waals surface area contributed by atoms with Gasteiger partial charge in [-0.3, -0.25) is 0 Å². The number of hydrogen-bond acceptors (Lipinski definition) is 5. The summed E-state index contributed by atoms with van der Waals surface area (Å²) in [4.78, 5) is 11.3. The quantitative estimate of drug-likeness (QED) is 0.703. The Kier molecular flexibility index (Phi) is 5.59. The first kappa shape index (κ1) is 15.0. The number of ether oxygens (including phenoxy) is 1. The average Bonchev–Trinajstić information content (AvgIpc) is 3.23. The minimum absolute atomic E-state index is 0.541. The van der Waals surface area contributed by atoms with Crippen molar-refractivity contribution in [3.05, 3.63) is 11.9 Å². The number of nitrogens with zero attached hydrogens (tertiary/aromatic N) is 3. The molecule has 1 aliphatic carbocycles. The van der Waals surface area contributed by atoms with Gasteiger partial charge in [0.15, 0.2) is 0 Å². The highest BCUT2D eigenvalue weighted by Crippen LogP contribution is 2.39. The molecule has 0 saturated heterocycles. The zero-order valence-electron chi connectivity index (χ0n) is 12.9. The molecule has 1 saturated carbocycles. The highest BCUT2D eigenvalue weighted by Gasteiger charge is 2.27. The number of unbranched alkanes of at least 4 members (excludes halogenated alkanes) is 1. The second kappa shape index (κ2) is 7.43. The lowest BCUT2D eigenvalue weighted by molar-refractivity contribution is 0.296. The van der Waals surface area contributed by atoms with Gasteiger partial charge in [-0.1, -0.05) is 13.3 Å². The highest BCUT2D eigenvalue weighted by atomic mass is 16.5. The summed E-state index contributed by atoms with van der Waals surface area (Å²) in [6.07, 6.45) is 4.60. The molecule has 0 aliphatic heterocycles. The molecule has 1 heterocycles. The third-order valence-electron chi connectivity index (χ3n) is 3.28. The van der Waals surface area contributed by atoms with Crippen molar-refractivity contribution in [2.45, 2.75) is 38.5 Å². The Morgan fingerprint density at radius 2 is 2.15 bits per heavy atom. The van der Waals surface area contributed by atoms with Gasteiger partial charge in [0, 0.05) is 25.1 Å². The van der Waals surface area contributed by atoms with Crippen LogP contribution in [0.1, 0.15) is 44.3 Å². The van der Waals surface area contributed by atoms with Crippen LogP contribution in [-0.4, -0.2) is 48.7 Å². The van der Waals surface area contributed by atoms with Crippen molar-refractivity contribution in [1.29, 1.82) is 0 Å². The predicted octanol–water partition coefficient (Wildman–Crippen LogP) is 2.51. The van der Waals surface area contributed by atoms with E-state index in [0.717, 1.165) is 44.2 Å². The van der Waals surface area contributed by atoms with Crippen molar-refractivity contribution in [2.75, 3.05) is 39.1 Å². The molecule has 5 nitrogen and oxygen atoms in total. The van der Waals surface area contributed by atoms with Gasteiger partial charge in [-0.25, -0.2) is 4.98 Å². The van der Waals surface area contributed by atoms with Gasteiger partial charge in [0.25, 0.3) is 0 Å². The van der Waals surface area contributed by atoms with Crippen LogP contribution in [0.15, 0.2) is 6.07 Å². The lowest BCUT2D eigenvalue weighted by Crippen LogP contribution is -2.21. The Morgan fingerprint density at radius 1 is 1.35 bits per heavy atom. The molecule has 0 atom stereocenters. The molecule has 1 N–H and O–H groups in total. The molecule has 0 spiro atoms. The molecule has 112 valence electrons. The van der Waals surface area contributed by atoms with Crippen LogP contribution in [-0.2, 0) is 0 Å². The van der Waals surface area contributed by atoms with E-state index < -0.39 is 0 Å². The maximum Gasteiger partial charge on any atom is 0.218 e. The molecule has 1 aliphatic rings. The molecule has 5 heteroatoms. The summed E-state index contributed by atoms with van der Waals surface area (Å²) < 4.78 is 5.73. The molecule has 1 fully saturated rings. The smallest absolute Gasteiger partial charge is 0.218 e. The number of hydrogen-bond donors (Lipinski definition) is 1.